The lowest BCUT2D eigenvalue weighted by molar-refractivity contribution is -0.164. The van der Waals surface area contributed by atoms with Crippen molar-refractivity contribution >= 4 is 28.7 Å². The summed E-state index contributed by atoms with van der Waals surface area (Å²) in [6.45, 7) is 1.40. The molecule has 0 radical (unpaired) electrons. The van der Waals surface area contributed by atoms with Crippen LogP contribution >= 0.6 is 0 Å². The predicted octanol–water partition coefficient (Wildman–Crippen LogP) is 1.60. The van der Waals surface area contributed by atoms with Crippen LogP contribution in [0, 0.1) is 6.92 Å². The molecule has 1 unspecified atom stereocenters. The molecule has 2 amide bonds. The highest BCUT2D eigenvalue weighted by Gasteiger charge is 2.54. The fourth-order valence-electron chi connectivity index (χ4n) is 4.12. The minimum Gasteiger partial charge on any atom is -0.493 e. The Morgan fingerprint density at radius 1 is 1.09 bits per heavy atom. The first-order valence-electron chi connectivity index (χ1n) is 10.5. The standard InChI is InChI=1S/C24H23N3O7/c1-14-25-17-12-19(33-3)18(32-2)11-16(17)21(29)27(14)24(10-9-20(28)26-22(24)30)23(31)34-13-15-7-5-4-6-8-15/h4-8,11-12H,9-10,13H2,1-3H3,(H,26,28,30). The van der Waals surface area contributed by atoms with E-state index in [4.69, 9.17) is 14.2 Å². The van der Waals surface area contributed by atoms with Crippen LogP contribution in [0.3, 0.4) is 0 Å². The summed E-state index contributed by atoms with van der Waals surface area (Å²) >= 11 is 0. The number of nitrogens with zero attached hydrogens (tertiary/aromatic N) is 2. The van der Waals surface area contributed by atoms with Crippen LogP contribution < -0.4 is 20.3 Å². The third-order valence-corrected chi connectivity index (χ3v) is 5.82. The number of imide groups is 1. The molecule has 1 saturated heterocycles. The van der Waals surface area contributed by atoms with E-state index < -0.39 is 28.9 Å². The van der Waals surface area contributed by atoms with Gasteiger partial charge < -0.3 is 14.2 Å². The zero-order valence-electron chi connectivity index (χ0n) is 18.9. The number of carbonyl (C=O) groups is 3. The van der Waals surface area contributed by atoms with Gasteiger partial charge in [0.15, 0.2) is 11.5 Å². The lowest BCUT2D eigenvalue weighted by Crippen LogP contribution is -2.62. The summed E-state index contributed by atoms with van der Waals surface area (Å²) in [5.74, 6) is -1.67. The Kier molecular flexibility index (Phi) is 6.06. The number of ether oxygens (including phenoxy) is 3. The molecule has 4 rings (SSSR count). The normalized spacial score (nSPS) is 17.9. The van der Waals surface area contributed by atoms with Gasteiger partial charge in [0.2, 0.25) is 11.4 Å². The Bertz CT molecular complexity index is 1350. The van der Waals surface area contributed by atoms with Crippen molar-refractivity contribution in [2.45, 2.75) is 31.9 Å². The molecule has 2 aromatic carbocycles. The van der Waals surface area contributed by atoms with Crippen molar-refractivity contribution in [3.63, 3.8) is 0 Å². The Labute approximate surface area is 194 Å². The summed E-state index contributed by atoms with van der Waals surface area (Å²) in [7, 11) is 2.88. The average molecular weight is 465 g/mol. The molecule has 0 spiro atoms. The Morgan fingerprint density at radius 2 is 1.76 bits per heavy atom. The number of aromatic nitrogens is 2. The second-order valence-electron chi connectivity index (χ2n) is 7.82. The molecular weight excluding hydrogens is 442 g/mol. The van der Waals surface area contributed by atoms with Gasteiger partial charge in [-0.15, -0.1) is 0 Å². The lowest BCUT2D eigenvalue weighted by Gasteiger charge is -2.35. The van der Waals surface area contributed by atoms with Crippen molar-refractivity contribution in [2.24, 2.45) is 0 Å². The Morgan fingerprint density at radius 3 is 2.41 bits per heavy atom. The molecule has 3 aromatic rings. The van der Waals surface area contributed by atoms with Gasteiger partial charge in [-0.1, -0.05) is 30.3 Å². The number of benzene rings is 2. The highest BCUT2D eigenvalue weighted by Crippen LogP contribution is 2.33. The predicted molar refractivity (Wildman–Crippen MR) is 120 cm³/mol. The van der Waals surface area contributed by atoms with Gasteiger partial charge >= 0.3 is 5.97 Å². The molecule has 1 aliphatic rings. The first kappa shape index (κ1) is 23.0. The molecule has 0 bridgehead atoms. The van der Waals surface area contributed by atoms with E-state index in [-0.39, 0.29) is 36.4 Å². The van der Waals surface area contributed by atoms with Gasteiger partial charge in [0, 0.05) is 12.5 Å². The number of carbonyl (C=O) groups excluding carboxylic acids is 3. The van der Waals surface area contributed by atoms with Crippen molar-refractivity contribution in [2.75, 3.05) is 14.2 Å². The largest absolute Gasteiger partial charge is 0.493 e. The number of hydrogen-bond donors (Lipinski definition) is 1. The number of nitrogens with one attached hydrogen (secondary N) is 1. The fraction of sp³-hybridized carbons (Fsp3) is 0.292. The lowest BCUT2D eigenvalue weighted by atomic mass is 9.87. The zero-order chi connectivity index (χ0) is 24.5. The smallest absolute Gasteiger partial charge is 0.342 e. The molecule has 1 aromatic heterocycles. The minimum atomic E-state index is -2.10. The van der Waals surface area contributed by atoms with Crippen LogP contribution in [-0.2, 0) is 31.3 Å². The Hall–Kier alpha value is -4.21. The van der Waals surface area contributed by atoms with Gasteiger partial charge in [-0.25, -0.2) is 9.78 Å². The molecule has 1 atom stereocenters. The first-order valence-corrected chi connectivity index (χ1v) is 10.5. The molecule has 0 aliphatic carbocycles. The van der Waals surface area contributed by atoms with Crippen molar-refractivity contribution in [3.8, 4) is 11.5 Å². The van der Waals surface area contributed by atoms with Gasteiger partial charge in [0.1, 0.15) is 12.4 Å². The van der Waals surface area contributed by atoms with Gasteiger partial charge in [0.05, 0.1) is 25.1 Å². The quantitative estimate of drug-likeness (QED) is 0.331. The fourth-order valence-corrected chi connectivity index (χ4v) is 4.12. The van der Waals surface area contributed by atoms with E-state index in [1.807, 2.05) is 6.07 Å². The second-order valence-corrected chi connectivity index (χ2v) is 7.82. The molecule has 10 nitrogen and oxygen atoms in total. The third-order valence-electron chi connectivity index (χ3n) is 5.82. The summed E-state index contributed by atoms with van der Waals surface area (Å²) in [5.41, 5.74) is -1.74. The van der Waals surface area contributed by atoms with Gasteiger partial charge in [-0.05, 0) is 25.0 Å². The van der Waals surface area contributed by atoms with E-state index in [1.54, 1.807) is 24.3 Å². The topological polar surface area (TPSA) is 126 Å². The average Bonchev–Trinajstić information content (AvgIpc) is 2.83. The van der Waals surface area contributed by atoms with E-state index in [0.29, 0.717) is 16.8 Å². The Balaban J connectivity index is 1.88. The van der Waals surface area contributed by atoms with Crippen molar-refractivity contribution in [1.29, 1.82) is 0 Å². The van der Waals surface area contributed by atoms with E-state index in [2.05, 4.69) is 10.3 Å². The second kappa shape index (κ2) is 8.97. The molecule has 1 fully saturated rings. The van der Waals surface area contributed by atoms with Crippen molar-refractivity contribution in [1.82, 2.24) is 14.9 Å². The summed E-state index contributed by atoms with van der Waals surface area (Å²) in [6, 6.07) is 11.9. The summed E-state index contributed by atoms with van der Waals surface area (Å²) in [5, 5.41) is 2.29. The number of fused-ring (bicyclic) bond motifs is 1. The number of esters is 1. The van der Waals surface area contributed by atoms with Crippen LogP contribution in [0.4, 0.5) is 0 Å². The van der Waals surface area contributed by atoms with Crippen LogP contribution in [0.5, 0.6) is 11.5 Å². The molecule has 34 heavy (non-hydrogen) atoms. The third kappa shape index (κ3) is 3.76. The minimum absolute atomic E-state index is 0.103. The highest BCUT2D eigenvalue weighted by atomic mass is 16.5. The maximum atomic E-state index is 13.7. The maximum Gasteiger partial charge on any atom is 0.342 e. The number of amides is 2. The van der Waals surface area contributed by atoms with Gasteiger partial charge in [-0.3, -0.25) is 24.3 Å². The number of hydrogen-bond acceptors (Lipinski definition) is 8. The summed E-state index contributed by atoms with van der Waals surface area (Å²) < 4.78 is 17.1. The highest BCUT2D eigenvalue weighted by molar-refractivity contribution is 6.13. The molecule has 2 heterocycles. The maximum absolute atomic E-state index is 13.7. The van der Waals surface area contributed by atoms with Crippen LogP contribution in [-0.4, -0.2) is 41.6 Å². The first-order chi connectivity index (χ1) is 16.3. The van der Waals surface area contributed by atoms with Gasteiger partial charge in [-0.2, -0.15) is 0 Å². The SMILES string of the molecule is COc1cc2nc(C)n(C3(C(=O)OCc4ccccc4)CCC(=O)NC3=O)c(=O)c2cc1OC. The zero-order valence-corrected chi connectivity index (χ0v) is 18.9. The summed E-state index contributed by atoms with van der Waals surface area (Å²) in [4.78, 5) is 56.7. The number of aryl methyl sites for hydroxylation is 1. The molecular formula is C24H23N3O7. The van der Waals surface area contributed by atoms with Crippen LogP contribution in [0.25, 0.3) is 10.9 Å². The number of rotatable bonds is 6. The number of piperidine rings is 1. The van der Waals surface area contributed by atoms with E-state index >= 15 is 0 Å². The summed E-state index contributed by atoms with van der Waals surface area (Å²) in [6.07, 6.45) is -0.394. The molecule has 1 aliphatic heterocycles. The van der Waals surface area contributed by atoms with E-state index in [1.165, 1.54) is 33.3 Å². The number of methoxy groups -OCH3 is 2. The van der Waals surface area contributed by atoms with Crippen molar-refractivity contribution in [3.05, 3.63) is 64.2 Å². The molecule has 1 N–H and O–H groups in total. The van der Waals surface area contributed by atoms with Crippen LogP contribution in [0.1, 0.15) is 24.2 Å². The van der Waals surface area contributed by atoms with Gasteiger partial charge in [0.25, 0.3) is 11.5 Å². The van der Waals surface area contributed by atoms with E-state index in [9.17, 15) is 19.2 Å². The monoisotopic (exact) mass is 465 g/mol. The molecule has 176 valence electrons. The van der Waals surface area contributed by atoms with E-state index in [0.717, 1.165) is 4.57 Å². The van der Waals surface area contributed by atoms with Crippen LogP contribution in [0.2, 0.25) is 0 Å². The van der Waals surface area contributed by atoms with Crippen LogP contribution in [0.15, 0.2) is 47.3 Å². The molecule has 10 heteroatoms. The van der Waals surface area contributed by atoms with Crippen molar-refractivity contribution < 1.29 is 28.6 Å². The molecule has 0 saturated carbocycles.